The van der Waals surface area contributed by atoms with Crippen molar-refractivity contribution in [2.24, 2.45) is 11.8 Å². The zero-order chi connectivity index (χ0) is 19.8. The molecule has 9 heteroatoms. The molecule has 1 aromatic carbocycles. The van der Waals surface area contributed by atoms with E-state index in [1.54, 1.807) is 0 Å². The summed E-state index contributed by atoms with van der Waals surface area (Å²) in [5, 5.41) is 9.03. The molecule has 3 rings (SSSR count). The number of hydrogen-bond donors (Lipinski definition) is 1. The summed E-state index contributed by atoms with van der Waals surface area (Å²) in [6.07, 6.45) is -4.08. The van der Waals surface area contributed by atoms with Gasteiger partial charge < -0.3 is 14.9 Å². The van der Waals surface area contributed by atoms with E-state index in [4.69, 9.17) is 5.11 Å². The van der Waals surface area contributed by atoms with E-state index in [0.29, 0.717) is 18.5 Å². The highest BCUT2D eigenvalue weighted by molar-refractivity contribution is 5.89. The molecular formula is C18H19F3N2O4. The van der Waals surface area contributed by atoms with Crippen molar-refractivity contribution < 1.29 is 32.7 Å². The number of rotatable bonds is 4. The summed E-state index contributed by atoms with van der Waals surface area (Å²) in [7, 11) is 0. The molecule has 2 fully saturated rings. The summed E-state index contributed by atoms with van der Waals surface area (Å²) in [6.45, 7) is 0.604. The van der Waals surface area contributed by atoms with Crippen LogP contribution in [0.4, 0.5) is 13.2 Å². The molecule has 2 atom stereocenters. The number of nitrogens with zero attached hydrogens (tertiary/aromatic N) is 2. The van der Waals surface area contributed by atoms with Gasteiger partial charge in [0.25, 0.3) is 0 Å². The third-order valence-electron chi connectivity index (χ3n) is 5.04. The quantitative estimate of drug-likeness (QED) is 0.861. The Morgan fingerprint density at radius 3 is 2.56 bits per heavy atom. The van der Waals surface area contributed by atoms with Crippen LogP contribution in [-0.2, 0) is 27.1 Å². The Labute approximate surface area is 153 Å². The summed E-state index contributed by atoms with van der Waals surface area (Å²) in [6, 6.07) is 4.77. The number of amides is 2. The van der Waals surface area contributed by atoms with Crippen LogP contribution >= 0.6 is 0 Å². The van der Waals surface area contributed by atoms with Crippen molar-refractivity contribution in [1.82, 2.24) is 9.80 Å². The summed E-state index contributed by atoms with van der Waals surface area (Å²) in [5.41, 5.74) is -0.436. The molecule has 2 amide bonds. The maximum absolute atomic E-state index is 12.8. The van der Waals surface area contributed by atoms with Crippen molar-refractivity contribution in [2.45, 2.75) is 25.6 Å². The Kier molecular flexibility index (Phi) is 5.12. The van der Waals surface area contributed by atoms with Crippen molar-refractivity contribution in [3.63, 3.8) is 0 Å². The fourth-order valence-corrected chi connectivity index (χ4v) is 3.58. The van der Waals surface area contributed by atoms with Gasteiger partial charge in [-0.1, -0.05) is 12.1 Å². The Hall–Kier alpha value is -2.58. The largest absolute Gasteiger partial charge is 0.481 e. The van der Waals surface area contributed by atoms with Crippen LogP contribution in [0.3, 0.4) is 0 Å². The minimum atomic E-state index is -4.46. The first-order chi connectivity index (χ1) is 12.6. The number of carbonyl (C=O) groups is 3. The number of alkyl halides is 3. The van der Waals surface area contributed by atoms with Crippen molar-refractivity contribution in [2.75, 3.05) is 19.6 Å². The lowest BCUT2D eigenvalue weighted by molar-refractivity contribution is -0.142. The van der Waals surface area contributed by atoms with Crippen LogP contribution in [-0.4, -0.2) is 52.3 Å². The average Bonchev–Trinajstić information content (AvgIpc) is 3.22. The number of aliphatic carboxylic acids is 1. The molecule has 0 radical (unpaired) electrons. The van der Waals surface area contributed by atoms with Crippen LogP contribution in [0.15, 0.2) is 24.3 Å². The molecule has 0 spiro atoms. The second-order valence-corrected chi connectivity index (χ2v) is 6.98. The first-order valence-electron chi connectivity index (χ1n) is 8.60. The number of carboxylic acids is 1. The van der Waals surface area contributed by atoms with Crippen LogP contribution < -0.4 is 0 Å². The molecule has 2 aliphatic rings. The molecule has 2 heterocycles. The van der Waals surface area contributed by atoms with Gasteiger partial charge in [-0.3, -0.25) is 14.4 Å². The van der Waals surface area contributed by atoms with Gasteiger partial charge in [-0.25, -0.2) is 0 Å². The molecule has 1 N–H and O–H groups in total. The van der Waals surface area contributed by atoms with Gasteiger partial charge >= 0.3 is 12.1 Å². The molecule has 2 saturated heterocycles. The van der Waals surface area contributed by atoms with Gasteiger partial charge in [0.05, 0.1) is 17.4 Å². The molecule has 0 saturated carbocycles. The predicted molar refractivity (Wildman–Crippen MR) is 87.3 cm³/mol. The molecule has 0 bridgehead atoms. The normalized spacial score (nSPS) is 23.1. The molecule has 1 aromatic rings. The number of carbonyl (C=O) groups excluding carboxylic acids is 2. The van der Waals surface area contributed by atoms with Gasteiger partial charge in [-0.05, 0) is 24.1 Å². The minimum Gasteiger partial charge on any atom is -0.481 e. The predicted octanol–water partition coefficient (Wildman–Crippen LogP) is 1.99. The summed E-state index contributed by atoms with van der Waals surface area (Å²) < 4.78 is 38.4. The lowest BCUT2D eigenvalue weighted by Crippen LogP contribution is -2.36. The highest BCUT2D eigenvalue weighted by atomic mass is 19.4. The molecule has 0 aromatic heterocycles. The number of benzene rings is 1. The van der Waals surface area contributed by atoms with Crippen molar-refractivity contribution in [3.05, 3.63) is 35.4 Å². The van der Waals surface area contributed by atoms with Crippen LogP contribution in [0.25, 0.3) is 0 Å². The molecule has 146 valence electrons. The summed E-state index contributed by atoms with van der Waals surface area (Å²) in [4.78, 5) is 38.6. The SMILES string of the molecule is O=C(O)C1CCN(C(=O)C2CC(=O)N(Cc3cccc(C(F)(F)F)c3)C2)C1. The molecule has 0 aliphatic carbocycles. The number of hydrogen-bond acceptors (Lipinski definition) is 3. The molecule has 27 heavy (non-hydrogen) atoms. The Bertz CT molecular complexity index is 765. The van der Waals surface area contributed by atoms with Crippen LogP contribution in [0.5, 0.6) is 0 Å². The monoisotopic (exact) mass is 384 g/mol. The molecule has 2 unspecified atom stereocenters. The number of halogens is 3. The second-order valence-electron chi connectivity index (χ2n) is 6.98. The first kappa shape index (κ1) is 19.2. The van der Waals surface area contributed by atoms with E-state index in [0.717, 1.165) is 12.1 Å². The average molecular weight is 384 g/mol. The number of carboxylic acid groups (broad SMARTS) is 1. The molecule has 6 nitrogen and oxygen atoms in total. The lowest BCUT2D eigenvalue weighted by Gasteiger charge is -2.21. The van der Waals surface area contributed by atoms with E-state index in [9.17, 15) is 27.6 Å². The zero-order valence-corrected chi connectivity index (χ0v) is 14.4. The van der Waals surface area contributed by atoms with Crippen molar-refractivity contribution >= 4 is 17.8 Å². The summed E-state index contributed by atoms with van der Waals surface area (Å²) in [5.74, 6) is -2.68. The van der Waals surface area contributed by atoms with Gasteiger partial charge in [-0.15, -0.1) is 0 Å². The van der Waals surface area contributed by atoms with Gasteiger partial charge in [0.1, 0.15) is 0 Å². The lowest BCUT2D eigenvalue weighted by atomic mass is 10.1. The second kappa shape index (κ2) is 7.21. The van der Waals surface area contributed by atoms with E-state index in [2.05, 4.69) is 0 Å². The topological polar surface area (TPSA) is 77.9 Å². The fourth-order valence-electron chi connectivity index (χ4n) is 3.58. The number of likely N-dealkylation sites (tertiary alicyclic amines) is 2. The zero-order valence-electron chi connectivity index (χ0n) is 14.4. The minimum absolute atomic E-state index is 0.00425. The maximum atomic E-state index is 12.8. The smallest absolute Gasteiger partial charge is 0.416 e. The van der Waals surface area contributed by atoms with Crippen LogP contribution in [0.1, 0.15) is 24.0 Å². The van der Waals surface area contributed by atoms with Crippen LogP contribution in [0.2, 0.25) is 0 Å². The van der Waals surface area contributed by atoms with E-state index < -0.39 is 29.5 Å². The molecular weight excluding hydrogens is 365 g/mol. The standard InChI is InChI=1S/C18H19F3N2O4/c19-18(20,21)14-3-1-2-11(6-14)8-23-10-13(7-15(23)24)16(25)22-5-4-12(9-22)17(26)27/h1-3,6,12-13H,4-5,7-10H2,(H,26,27). The Morgan fingerprint density at radius 1 is 1.19 bits per heavy atom. The van der Waals surface area contributed by atoms with E-state index in [1.807, 2.05) is 0 Å². The third-order valence-corrected chi connectivity index (χ3v) is 5.04. The van der Waals surface area contributed by atoms with Gasteiger partial charge in [0.15, 0.2) is 0 Å². The van der Waals surface area contributed by atoms with Gasteiger partial charge in [0.2, 0.25) is 11.8 Å². The van der Waals surface area contributed by atoms with Crippen molar-refractivity contribution in [1.29, 1.82) is 0 Å². The van der Waals surface area contributed by atoms with Crippen molar-refractivity contribution in [3.8, 4) is 0 Å². The highest BCUT2D eigenvalue weighted by Crippen LogP contribution is 2.31. The van der Waals surface area contributed by atoms with E-state index >= 15 is 0 Å². The first-order valence-corrected chi connectivity index (χ1v) is 8.60. The Morgan fingerprint density at radius 2 is 1.93 bits per heavy atom. The third kappa shape index (κ3) is 4.23. The van der Waals surface area contributed by atoms with Crippen LogP contribution in [0, 0.1) is 11.8 Å². The Balaban J connectivity index is 1.63. The molecule has 2 aliphatic heterocycles. The maximum Gasteiger partial charge on any atom is 0.416 e. The summed E-state index contributed by atoms with van der Waals surface area (Å²) >= 11 is 0. The highest BCUT2D eigenvalue weighted by Gasteiger charge is 2.40. The van der Waals surface area contributed by atoms with E-state index in [-0.39, 0.29) is 37.9 Å². The van der Waals surface area contributed by atoms with Gasteiger partial charge in [0, 0.05) is 32.6 Å². The van der Waals surface area contributed by atoms with E-state index in [1.165, 1.54) is 21.9 Å². The fraction of sp³-hybridized carbons (Fsp3) is 0.500. The van der Waals surface area contributed by atoms with Gasteiger partial charge in [-0.2, -0.15) is 13.2 Å².